The van der Waals surface area contributed by atoms with Gasteiger partial charge in [-0.1, -0.05) is 12.2 Å². The standard InChI is InChI=1S/C8H12ClNO2/c1-12-8(11)6-4-2-3-5-7(6)10-9/h3,5-7,10H,2,4H2,1H3. The molecule has 68 valence electrons. The van der Waals surface area contributed by atoms with Crippen LogP contribution in [0.15, 0.2) is 12.2 Å². The molecule has 2 unspecified atom stereocenters. The Morgan fingerprint density at radius 3 is 3.08 bits per heavy atom. The van der Waals surface area contributed by atoms with Crippen LogP contribution < -0.4 is 4.84 Å². The highest BCUT2D eigenvalue weighted by Crippen LogP contribution is 2.20. The summed E-state index contributed by atoms with van der Waals surface area (Å²) in [6.07, 6.45) is 5.62. The van der Waals surface area contributed by atoms with Crippen LogP contribution in [0, 0.1) is 5.92 Å². The van der Waals surface area contributed by atoms with Gasteiger partial charge in [-0.15, -0.1) is 0 Å². The Balaban J connectivity index is 2.62. The molecule has 12 heavy (non-hydrogen) atoms. The first-order valence-corrected chi connectivity index (χ1v) is 4.28. The van der Waals surface area contributed by atoms with Crippen molar-refractivity contribution in [3.05, 3.63) is 12.2 Å². The second kappa shape index (κ2) is 4.48. The van der Waals surface area contributed by atoms with E-state index >= 15 is 0 Å². The molecule has 0 bridgehead atoms. The molecule has 0 saturated carbocycles. The van der Waals surface area contributed by atoms with Crippen LogP contribution in [0.4, 0.5) is 0 Å². The first kappa shape index (κ1) is 9.55. The molecule has 4 heteroatoms. The molecule has 0 saturated heterocycles. The molecular weight excluding hydrogens is 178 g/mol. The van der Waals surface area contributed by atoms with E-state index in [0.717, 1.165) is 12.8 Å². The highest BCUT2D eigenvalue weighted by Gasteiger charge is 2.28. The van der Waals surface area contributed by atoms with E-state index in [0.29, 0.717) is 0 Å². The number of rotatable bonds is 2. The molecule has 0 aliphatic heterocycles. The summed E-state index contributed by atoms with van der Waals surface area (Å²) in [6, 6.07) is -0.0899. The van der Waals surface area contributed by atoms with Crippen molar-refractivity contribution in [1.29, 1.82) is 0 Å². The number of allylic oxidation sites excluding steroid dienone is 1. The average molecular weight is 190 g/mol. The molecule has 1 N–H and O–H groups in total. The molecule has 0 amide bonds. The van der Waals surface area contributed by atoms with Gasteiger partial charge in [0.25, 0.3) is 0 Å². The van der Waals surface area contributed by atoms with E-state index in [1.165, 1.54) is 7.11 Å². The fourth-order valence-electron chi connectivity index (χ4n) is 1.36. The van der Waals surface area contributed by atoms with E-state index in [2.05, 4.69) is 9.57 Å². The molecule has 1 aliphatic rings. The Morgan fingerprint density at radius 1 is 1.75 bits per heavy atom. The van der Waals surface area contributed by atoms with Gasteiger partial charge in [0.1, 0.15) is 0 Å². The summed E-state index contributed by atoms with van der Waals surface area (Å²) in [5.41, 5.74) is 0. The second-order valence-corrected chi connectivity index (χ2v) is 2.99. The van der Waals surface area contributed by atoms with E-state index in [4.69, 9.17) is 11.8 Å². The molecule has 0 radical (unpaired) electrons. The molecular formula is C8H12ClNO2. The van der Waals surface area contributed by atoms with Gasteiger partial charge in [0, 0.05) is 0 Å². The largest absolute Gasteiger partial charge is 0.469 e. The number of hydrogen-bond donors (Lipinski definition) is 1. The number of esters is 1. The Hall–Kier alpha value is -0.540. The predicted molar refractivity (Wildman–Crippen MR) is 46.7 cm³/mol. The van der Waals surface area contributed by atoms with Crippen LogP contribution in [-0.2, 0) is 9.53 Å². The minimum absolute atomic E-state index is 0.0899. The van der Waals surface area contributed by atoms with Gasteiger partial charge in [0.2, 0.25) is 0 Å². The van der Waals surface area contributed by atoms with E-state index < -0.39 is 0 Å². The topological polar surface area (TPSA) is 38.3 Å². The summed E-state index contributed by atoms with van der Waals surface area (Å²) in [5, 5.41) is 0. The third-order valence-corrected chi connectivity index (χ3v) is 2.30. The van der Waals surface area contributed by atoms with Crippen molar-refractivity contribution in [3.63, 3.8) is 0 Å². The van der Waals surface area contributed by atoms with Crippen molar-refractivity contribution in [3.8, 4) is 0 Å². The van der Waals surface area contributed by atoms with Crippen LogP contribution in [0.25, 0.3) is 0 Å². The number of hydrogen-bond acceptors (Lipinski definition) is 3. The Bertz CT molecular complexity index is 193. The van der Waals surface area contributed by atoms with Crippen LogP contribution in [0.3, 0.4) is 0 Å². The van der Waals surface area contributed by atoms with Gasteiger partial charge in [-0.05, 0) is 24.6 Å². The number of carbonyl (C=O) groups is 1. The molecule has 1 rings (SSSR count). The fourth-order valence-corrected chi connectivity index (χ4v) is 1.59. The van der Waals surface area contributed by atoms with Crippen molar-refractivity contribution in [1.82, 2.24) is 4.84 Å². The molecule has 1 aliphatic carbocycles. The van der Waals surface area contributed by atoms with Gasteiger partial charge >= 0.3 is 5.97 Å². The lowest BCUT2D eigenvalue weighted by Gasteiger charge is -2.23. The SMILES string of the molecule is COC(=O)C1CCC=CC1NCl. The number of methoxy groups -OCH3 is 1. The summed E-state index contributed by atoms with van der Waals surface area (Å²) in [5.74, 6) is -0.338. The first-order chi connectivity index (χ1) is 5.79. The minimum atomic E-state index is -0.197. The van der Waals surface area contributed by atoms with Gasteiger partial charge in [-0.25, -0.2) is 4.84 Å². The summed E-state index contributed by atoms with van der Waals surface area (Å²) >= 11 is 5.47. The molecule has 0 spiro atoms. The van der Waals surface area contributed by atoms with Crippen LogP contribution in [0.2, 0.25) is 0 Å². The molecule has 0 aromatic heterocycles. The highest BCUT2D eigenvalue weighted by molar-refractivity contribution is 6.13. The summed E-state index contributed by atoms with van der Waals surface area (Å²) in [4.78, 5) is 13.7. The second-order valence-electron chi connectivity index (χ2n) is 2.77. The third-order valence-electron chi connectivity index (χ3n) is 2.05. The van der Waals surface area contributed by atoms with Crippen molar-refractivity contribution < 1.29 is 9.53 Å². The van der Waals surface area contributed by atoms with Crippen LogP contribution in [0.1, 0.15) is 12.8 Å². The highest BCUT2D eigenvalue weighted by atomic mass is 35.5. The van der Waals surface area contributed by atoms with Crippen molar-refractivity contribution >= 4 is 17.7 Å². The first-order valence-electron chi connectivity index (χ1n) is 3.90. The normalized spacial score (nSPS) is 28.5. The van der Waals surface area contributed by atoms with Crippen molar-refractivity contribution in [2.24, 2.45) is 5.92 Å². The van der Waals surface area contributed by atoms with Crippen LogP contribution in [-0.4, -0.2) is 19.1 Å². The average Bonchev–Trinajstić information content (AvgIpc) is 2.16. The Kier molecular flexibility index (Phi) is 3.56. The lowest BCUT2D eigenvalue weighted by atomic mass is 9.90. The van der Waals surface area contributed by atoms with Gasteiger partial charge < -0.3 is 4.74 Å². The number of halogens is 1. The maximum atomic E-state index is 11.2. The summed E-state index contributed by atoms with van der Waals surface area (Å²) < 4.78 is 4.65. The van der Waals surface area contributed by atoms with E-state index in [9.17, 15) is 4.79 Å². The number of nitrogens with one attached hydrogen (secondary N) is 1. The number of carbonyl (C=O) groups excluding carboxylic acids is 1. The van der Waals surface area contributed by atoms with Crippen molar-refractivity contribution in [2.45, 2.75) is 18.9 Å². The molecule has 0 aromatic carbocycles. The lowest BCUT2D eigenvalue weighted by Crippen LogP contribution is -2.36. The molecule has 0 fully saturated rings. The molecule has 2 atom stereocenters. The Labute approximate surface area is 76.8 Å². The maximum Gasteiger partial charge on any atom is 0.310 e. The van der Waals surface area contributed by atoms with Crippen molar-refractivity contribution in [2.75, 3.05) is 7.11 Å². The van der Waals surface area contributed by atoms with Gasteiger partial charge in [-0.2, -0.15) is 0 Å². The van der Waals surface area contributed by atoms with Gasteiger partial charge in [0.05, 0.1) is 19.1 Å². The van der Waals surface area contributed by atoms with Gasteiger partial charge in [0.15, 0.2) is 0 Å². The minimum Gasteiger partial charge on any atom is -0.469 e. The number of ether oxygens (including phenoxy) is 1. The quantitative estimate of drug-likeness (QED) is 0.404. The lowest BCUT2D eigenvalue weighted by molar-refractivity contribution is -0.146. The fraction of sp³-hybridized carbons (Fsp3) is 0.625. The van der Waals surface area contributed by atoms with E-state index in [1.807, 2.05) is 12.2 Å². The molecule has 3 nitrogen and oxygen atoms in total. The monoisotopic (exact) mass is 189 g/mol. The molecule has 0 heterocycles. The summed E-state index contributed by atoms with van der Waals surface area (Å²) in [6.45, 7) is 0. The van der Waals surface area contributed by atoms with Crippen LogP contribution in [0.5, 0.6) is 0 Å². The smallest absolute Gasteiger partial charge is 0.310 e. The zero-order chi connectivity index (χ0) is 8.97. The zero-order valence-corrected chi connectivity index (χ0v) is 7.67. The van der Waals surface area contributed by atoms with Gasteiger partial charge in [-0.3, -0.25) is 4.79 Å². The Morgan fingerprint density at radius 2 is 2.50 bits per heavy atom. The van der Waals surface area contributed by atoms with E-state index in [1.54, 1.807) is 0 Å². The predicted octanol–water partition coefficient (Wildman–Crippen LogP) is 1.24. The van der Waals surface area contributed by atoms with Crippen LogP contribution >= 0.6 is 11.8 Å². The van der Waals surface area contributed by atoms with E-state index in [-0.39, 0.29) is 17.9 Å². The maximum absolute atomic E-state index is 11.2. The molecule has 0 aromatic rings. The third kappa shape index (κ3) is 1.99. The zero-order valence-electron chi connectivity index (χ0n) is 6.92. The summed E-state index contributed by atoms with van der Waals surface area (Å²) in [7, 11) is 1.39.